The van der Waals surface area contributed by atoms with E-state index in [1.165, 1.54) is 44.9 Å². The molecule has 2 heteroatoms. The fourth-order valence-electron chi connectivity index (χ4n) is 3.28. The lowest BCUT2D eigenvalue weighted by atomic mass is 9.74. The van der Waals surface area contributed by atoms with Crippen LogP contribution in [0.25, 0.3) is 0 Å². The van der Waals surface area contributed by atoms with Gasteiger partial charge in [0.25, 0.3) is 0 Å². The number of hydrogen-bond donors (Lipinski definition) is 0. The summed E-state index contributed by atoms with van der Waals surface area (Å²) < 4.78 is 5.07. The fourth-order valence-corrected chi connectivity index (χ4v) is 3.28. The first kappa shape index (κ1) is 11.9. The molecule has 1 atom stereocenters. The molecule has 16 heavy (non-hydrogen) atoms. The Bertz CT molecular complexity index is 229. The third kappa shape index (κ3) is 2.99. The van der Waals surface area contributed by atoms with E-state index in [1.807, 2.05) is 0 Å². The van der Waals surface area contributed by atoms with Gasteiger partial charge in [0.2, 0.25) is 0 Å². The van der Waals surface area contributed by atoms with E-state index in [0.29, 0.717) is 18.9 Å². The number of cyclic esters (lactones) is 1. The maximum Gasteiger partial charge on any atom is 0.306 e. The second-order valence-corrected chi connectivity index (χ2v) is 5.57. The second kappa shape index (κ2) is 5.70. The van der Waals surface area contributed by atoms with Gasteiger partial charge in [0.15, 0.2) is 0 Å². The molecule has 1 saturated carbocycles. The molecule has 1 unspecified atom stereocenters. The van der Waals surface area contributed by atoms with E-state index >= 15 is 0 Å². The largest absolute Gasteiger partial charge is 0.465 e. The molecule has 0 radical (unpaired) electrons. The van der Waals surface area contributed by atoms with E-state index < -0.39 is 0 Å². The van der Waals surface area contributed by atoms with Gasteiger partial charge < -0.3 is 4.74 Å². The molecule has 1 aliphatic heterocycles. The van der Waals surface area contributed by atoms with E-state index in [4.69, 9.17) is 4.74 Å². The van der Waals surface area contributed by atoms with Gasteiger partial charge in [-0.3, -0.25) is 4.79 Å². The molecular formula is C14H24O2. The third-order valence-corrected chi connectivity index (χ3v) is 4.41. The summed E-state index contributed by atoms with van der Waals surface area (Å²) in [5.74, 6) is 2.30. The van der Waals surface area contributed by atoms with Crippen LogP contribution in [-0.2, 0) is 9.53 Å². The normalized spacial score (nSPS) is 35.1. The first-order valence-electron chi connectivity index (χ1n) is 6.95. The molecule has 0 aromatic heterocycles. The molecule has 0 aromatic rings. The zero-order valence-electron chi connectivity index (χ0n) is 10.4. The molecule has 0 bridgehead atoms. The summed E-state index contributed by atoms with van der Waals surface area (Å²) in [6.07, 6.45) is 10.2. The van der Waals surface area contributed by atoms with Gasteiger partial charge in [-0.25, -0.2) is 0 Å². The minimum absolute atomic E-state index is 0.0260. The van der Waals surface area contributed by atoms with Crippen molar-refractivity contribution < 1.29 is 9.53 Å². The minimum Gasteiger partial charge on any atom is -0.465 e. The number of rotatable bonds is 4. The molecule has 0 N–H and O–H groups in total. The van der Waals surface area contributed by atoms with Crippen molar-refractivity contribution in [1.29, 1.82) is 0 Å². The molecule has 2 fully saturated rings. The average Bonchev–Trinajstić information content (AvgIpc) is 2.74. The summed E-state index contributed by atoms with van der Waals surface area (Å²) in [6, 6.07) is 0. The Balaban J connectivity index is 1.70. The van der Waals surface area contributed by atoms with Crippen LogP contribution in [0.1, 0.15) is 58.3 Å². The quantitative estimate of drug-likeness (QED) is 0.683. The first-order chi connectivity index (χ1) is 7.79. The fraction of sp³-hybridized carbons (Fsp3) is 0.929. The summed E-state index contributed by atoms with van der Waals surface area (Å²) >= 11 is 0. The van der Waals surface area contributed by atoms with Crippen molar-refractivity contribution in [2.75, 3.05) is 6.61 Å². The molecule has 0 amide bonds. The first-order valence-corrected chi connectivity index (χ1v) is 6.95. The predicted molar refractivity (Wildman–Crippen MR) is 64.0 cm³/mol. The number of esters is 1. The Kier molecular flexibility index (Phi) is 4.25. The molecule has 92 valence electrons. The Morgan fingerprint density at radius 2 is 1.94 bits per heavy atom. The van der Waals surface area contributed by atoms with Gasteiger partial charge in [-0.1, -0.05) is 39.0 Å². The topological polar surface area (TPSA) is 26.3 Å². The minimum atomic E-state index is 0.0260. The van der Waals surface area contributed by atoms with Crippen LogP contribution in [0.3, 0.4) is 0 Å². The zero-order chi connectivity index (χ0) is 11.4. The molecule has 1 heterocycles. The highest BCUT2D eigenvalue weighted by Crippen LogP contribution is 2.38. The third-order valence-electron chi connectivity index (χ3n) is 4.41. The van der Waals surface area contributed by atoms with Gasteiger partial charge in [0, 0.05) is 5.92 Å². The van der Waals surface area contributed by atoms with Crippen molar-refractivity contribution in [2.45, 2.75) is 58.3 Å². The highest BCUT2D eigenvalue weighted by atomic mass is 16.5. The maximum absolute atomic E-state index is 11.1. The molecule has 2 nitrogen and oxygen atoms in total. The molecule has 2 aliphatic rings. The summed E-state index contributed by atoms with van der Waals surface area (Å²) in [5.41, 5.74) is 0. The van der Waals surface area contributed by atoms with Gasteiger partial charge in [-0.05, 0) is 24.7 Å². The van der Waals surface area contributed by atoms with Gasteiger partial charge in [0.1, 0.15) is 0 Å². The Labute approximate surface area is 98.7 Å². The highest BCUT2D eigenvalue weighted by Gasteiger charge is 2.33. The lowest BCUT2D eigenvalue weighted by Crippen LogP contribution is -2.22. The zero-order valence-corrected chi connectivity index (χ0v) is 10.4. The van der Waals surface area contributed by atoms with Crippen LogP contribution in [0, 0.1) is 17.8 Å². The van der Waals surface area contributed by atoms with Gasteiger partial charge in [0.05, 0.1) is 13.0 Å². The average molecular weight is 224 g/mol. The highest BCUT2D eigenvalue weighted by molar-refractivity contribution is 5.71. The smallest absolute Gasteiger partial charge is 0.306 e. The maximum atomic E-state index is 11.1. The second-order valence-electron chi connectivity index (χ2n) is 5.57. The van der Waals surface area contributed by atoms with E-state index in [-0.39, 0.29) is 5.97 Å². The molecule has 1 aliphatic carbocycles. The summed E-state index contributed by atoms with van der Waals surface area (Å²) in [4.78, 5) is 11.1. The van der Waals surface area contributed by atoms with Crippen LogP contribution in [0.5, 0.6) is 0 Å². The standard InChI is InChI=1S/C14H24O2/c1-2-3-4-11-5-7-12(8-6-11)13-9-14(15)16-10-13/h11-13H,2-10H2,1H3. The van der Waals surface area contributed by atoms with Crippen molar-refractivity contribution in [2.24, 2.45) is 17.8 Å². The van der Waals surface area contributed by atoms with Crippen molar-refractivity contribution in [3.63, 3.8) is 0 Å². The number of carbonyl (C=O) groups excluding carboxylic acids is 1. The number of ether oxygens (including phenoxy) is 1. The lowest BCUT2D eigenvalue weighted by Gasteiger charge is -2.31. The molecule has 0 spiro atoms. The predicted octanol–water partition coefficient (Wildman–Crippen LogP) is 3.55. The molecule has 1 saturated heterocycles. The van der Waals surface area contributed by atoms with Gasteiger partial charge >= 0.3 is 5.97 Å². The van der Waals surface area contributed by atoms with Crippen LogP contribution in [-0.4, -0.2) is 12.6 Å². The van der Waals surface area contributed by atoms with Crippen molar-refractivity contribution >= 4 is 5.97 Å². The number of carbonyl (C=O) groups is 1. The summed E-state index contributed by atoms with van der Waals surface area (Å²) in [6.45, 7) is 2.97. The molecule has 2 rings (SSSR count). The van der Waals surface area contributed by atoms with Crippen LogP contribution < -0.4 is 0 Å². The summed E-state index contributed by atoms with van der Waals surface area (Å²) in [7, 11) is 0. The van der Waals surface area contributed by atoms with E-state index in [2.05, 4.69) is 6.92 Å². The Hall–Kier alpha value is -0.530. The molecular weight excluding hydrogens is 200 g/mol. The van der Waals surface area contributed by atoms with Gasteiger partial charge in [-0.15, -0.1) is 0 Å². The van der Waals surface area contributed by atoms with Crippen LogP contribution in [0.2, 0.25) is 0 Å². The monoisotopic (exact) mass is 224 g/mol. The molecule has 0 aromatic carbocycles. The van der Waals surface area contributed by atoms with E-state index in [1.54, 1.807) is 0 Å². The van der Waals surface area contributed by atoms with Crippen LogP contribution in [0.15, 0.2) is 0 Å². The number of hydrogen-bond acceptors (Lipinski definition) is 2. The number of unbranched alkanes of at least 4 members (excludes halogenated alkanes) is 1. The van der Waals surface area contributed by atoms with Crippen LogP contribution in [0.4, 0.5) is 0 Å². The Morgan fingerprint density at radius 1 is 1.19 bits per heavy atom. The van der Waals surface area contributed by atoms with Crippen LogP contribution >= 0.6 is 0 Å². The SMILES string of the molecule is CCCCC1CCC(C2COC(=O)C2)CC1. The van der Waals surface area contributed by atoms with Crippen molar-refractivity contribution in [3.05, 3.63) is 0 Å². The van der Waals surface area contributed by atoms with E-state index in [0.717, 1.165) is 11.8 Å². The van der Waals surface area contributed by atoms with Crippen molar-refractivity contribution in [1.82, 2.24) is 0 Å². The van der Waals surface area contributed by atoms with E-state index in [9.17, 15) is 4.79 Å². The van der Waals surface area contributed by atoms with Gasteiger partial charge in [-0.2, -0.15) is 0 Å². The van der Waals surface area contributed by atoms with Crippen molar-refractivity contribution in [3.8, 4) is 0 Å². The lowest BCUT2D eigenvalue weighted by molar-refractivity contribution is -0.137. The summed E-state index contributed by atoms with van der Waals surface area (Å²) in [5, 5.41) is 0. The Morgan fingerprint density at radius 3 is 2.50 bits per heavy atom.